The summed E-state index contributed by atoms with van der Waals surface area (Å²) in [7, 11) is 0. The van der Waals surface area contributed by atoms with E-state index in [2.05, 4.69) is 51.9 Å². The molecule has 0 unspecified atom stereocenters. The fourth-order valence-corrected chi connectivity index (χ4v) is 11.1. The molecule has 0 aliphatic carbocycles. The number of carbonyl (C=O) groups excluding carboxylic acids is 3. The SMILES string of the molecule is Nc1nc(/C(=N/O)C(=O)N[C@@H]2C(=O)N3C(C(=O)OC(c4ccccc4)c4ccccc4)=C(SCc4cnn(C(c5ccccc5)(c5ccccc5)c5ccccc5)c4)CS[C@H]23)cs1. The van der Waals surface area contributed by atoms with Gasteiger partial charge < -0.3 is 21.0 Å². The molecule has 1 saturated heterocycles. The molecule has 5 aromatic carbocycles. The Morgan fingerprint density at radius 1 is 0.857 bits per heavy atom. The third-order valence-electron chi connectivity index (χ3n) is 10.9. The molecule has 2 amide bonds. The van der Waals surface area contributed by atoms with Crippen LogP contribution in [-0.4, -0.2) is 65.5 Å². The first-order valence-electron chi connectivity index (χ1n) is 19.9. The Labute approximate surface area is 375 Å². The molecule has 0 bridgehead atoms. The summed E-state index contributed by atoms with van der Waals surface area (Å²) in [5.41, 5.74) is 10.3. The Morgan fingerprint density at radius 3 is 1.90 bits per heavy atom. The number of nitrogen functional groups attached to an aromatic ring is 1. The van der Waals surface area contributed by atoms with E-state index >= 15 is 0 Å². The fraction of sp³-hybridized carbons (Fsp3) is 0.125. The molecule has 2 aliphatic heterocycles. The number of hydrogen-bond acceptors (Lipinski definition) is 12. The summed E-state index contributed by atoms with van der Waals surface area (Å²) < 4.78 is 8.38. The number of nitrogens with zero attached hydrogens (tertiary/aromatic N) is 5. The van der Waals surface area contributed by atoms with Crippen LogP contribution in [0.1, 0.15) is 45.2 Å². The van der Waals surface area contributed by atoms with Crippen molar-refractivity contribution in [2.75, 3.05) is 11.5 Å². The van der Waals surface area contributed by atoms with Crippen LogP contribution in [0.2, 0.25) is 0 Å². The van der Waals surface area contributed by atoms with Gasteiger partial charge in [-0.3, -0.25) is 19.2 Å². The van der Waals surface area contributed by atoms with Crippen LogP contribution < -0.4 is 11.1 Å². The number of nitrogens with two attached hydrogens (primary N) is 1. The molecule has 2 aliphatic rings. The average molecular weight is 890 g/mol. The Balaban J connectivity index is 1.05. The van der Waals surface area contributed by atoms with E-state index in [1.165, 1.54) is 33.8 Å². The highest BCUT2D eigenvalue weighted by molar-refractivity contribution is 8.05. The molecule has 2 aromatic heterocycles. The van der Waals surface area contributed by atoms with Crippen molar-refractivity contribution < 1.29 is 24.3 Å². The highest BCUT2D eigenvalue weighted by atomic mass is 32.2. The summed E-state index contributed by atoms with van der Waals surface area (Å²) >= 11 is 3.93. The van der Waals surface area contributed by atoms with E-state index in [9.17, 15) is 19.6 Å². The maximum Gasteiger partial charge on any atom is 0.356 e. The molecule has 9 rings (SSSR count). The number of thiazole rings is 1. The first-order valence-corrected chi connectivity index (χ1v) is 22.8. The van der Waals surface area contributed by atoms with Gasteiger partial charge in [-0.1, -0.05) is 157 Å². The number of benzene rings is 5. The van der Waals surface area contributed by atoms with Gasteiger partial charge >= 0.3 is 5.97 Å². The molecule has 7 aromatic rings. The lowest BCUT2D eigenvalue weighted by atomic mass is 9.77. The second-order valence-electron chi connectivity index (χ2n) is 14.6. The number of anilines is 1. The van der Waals surface area contributed by atoms with Crippen LogP contribution in [-0.2, 0) is 30.4 Å². The summed E-state index contributed by atoms with van der Waals surface area (Å²) in [5, 5.41) is 21.6. The van der Waals surface area contributed by atoms with E-state index in [4.69, 9.17) is 15.6 Å². The third-order valence-corrected chi connectivity index (χ3v) is 14.2. The minimum Gasteiger partial charge on any atom is -0.448 e. The van der Waals surface area contributed by atoms with Gasteiger partial charge in [0.05, 0.1) is 6.20 Å². The minimum atomic E-state index is -1.02. The van der Waals surface area contributed by atoms with E-state index in [1.54, 1.807) is 0 Å². The Hall–Kier alpha value is -6.94. The molecule has 314 valence electrons. The average Bonchev–Trinajstić information content (AvgIpc) is 4.00. The molecule has 1 fully saturated rings. The normalized spacial score (nSPS) is 16.4. The van der Waals surface area contributed by atoms with Crippen molar-refractivity contribution in [1.82, 2.24) is 25.0 Å². The topological polar surface area (TPSA) is 165 Å². The molecule has 15 heteroatoms. The number of esters is 1. The van der Waals surface area contributed by atoms with Gasteiger partial charge in [-0.2, -0.15) is 5.10 Å². The first-order chi connectivity index (χ1) is 30.9. The molecule has 4 N–H and O–H groups in total. The molecular formula is C48H39N7O5S3. The van der Waals surface area contributed by atoms with Gasteiger partial charge in [0.15, 0.2) is 16.9 Å². The van der Waals surface area contributed by atoms with Gasteiger partial charge in [-0.05, 0) is 27.8 Å². The number of ether oxygens (including phenoxy) is 1. The van der Waals surface area contributed by atoms with E-state index in [0.29, 0.717) is 16.4 Å². The highest BCUT2D eigenvalue weighted by Gasteiger charge is 2.55. The van der Waals surface area contributed by atoms with Gasteiger partial charge in [0, 0.05) is 33.6 Å². The van der Waals surface area contributed by atoms with Gasteiger partial charge in [0.2, 0.25) is 0 Å². The maximum absolute atomic E-state index is 14.7. The summed E-state index contributed by atoms with van der Waals surface area (Å²) in [6, 6.07) is 48.7. The highest BCUT2D eigenvalue weighted by Crippen LogP contribution is 2.46. The van der Waals surface area contributed by atoms with Crippen molar-refractivity contribution in [1.29, 1.82) is 0 Å². The standard InChI is InChI=1S/C48H39N7O5S3/c49-47-51-37(29-63-47)39(53-59)43(56)52-40-44(57)55-41(46(58)60-42(32-16-6-1-7-17-32)33-18-8-2-9-19-33)38(30-62-45(40)55)61-28-31-26-50-54(27-31)48(34-20-10-3-11-21-34,35-22-12-4-13-23-35)36-24-14-5-15-25-36/h1-27,29,40,42,45,59H,28,30H2,(H2,49,51)(H,52,56)/b53-39-/t40-,45-/m1/s1. The molecule has 63 heavy (non-hydrogen) atoms. The number of nitrogens with one attached hydrogen (secondary N) is 1. The van der Waals surface area contributed by atoms with Gasteiger partial charge in [-0.25, -0.2) is 9.78 Å². The van der Waals surface area contributed by atoms with Crippen molar-refractivity contribution in [2.45, 2.75) is 28.8 Å². The summed E-state index contributed by atoms with van der Waals surface area (Å²) in [5.74, 6) is -1.24. The van der Waals surface area contributed by atoms with Crippen molar-refractivity contribution in [3.8, 4) is 0 Å². The van der Waals surface area contributed by atoms with Crippen LogP contribution in [0, 0.1) is 0 Å². The smallest absolute Gasteiger partial charge is 0.356 e. The van der Waals surface area contributed by atoms with Gasteiger partial charge in [0.25, 0.3) is 11.8 Å². The van der Waals surface area contributed by atoms with Gasteiger partial charge in [-0.15, -0.1) is 34.9 Å². The van der Waals surface area contributed by atoms with Crippen LogP contribution >= 0.6 is 34.9 Å². The summed E-state index contributed by atoms with van der Waals surface area (Å²) in [4.78, 5) is 48.3. The fourth-order valence-electron chi connectivity index (χ4n) is 7.98. The van der Waals surface area contributed by atoms with Crippen LogP contribution in [0.15, 0.2) is 185 Å². The zero-order valence-electron chi connectivity index (χ0n) is 33.4. The molecule has 0 radical (unpaired) electrons. The lowest BCUT2D eigenvalue weighted by molar-refractivity contribution is -0.154. The summed E-state index contributed by atoms with van der Waals surface area (Å²) in [6.45, 7) is 0. The number of rotatable bonds is 14. The minimum absolute atomic E-state index is 0.0741. The van der Waals surface area contributed by atoms with Gasteiger partial charge in [0.1, 0.15) is 28.3 Å². The number of hydrogen-bond donors (Lipinski definition) is 3. The van der Waals surface area contributed by atoms with Crippen LogP contribution in [0.5, 0.6) is 0 Å². The number of thioether (sulfide) groups is 2. The quantitative estimate of drug-likeness (QED) is 0.0245. The van der Waals surface area contributed by atoms with Crippen molar-refractivity contribution in [2.24, 2.45) is 5.16 Å². The number of fused-ring (bicyclic) bond motifs is 1. The predicted octanol–water partition coefficient (Wildman–Crippen LogP) is 7.82. The third kappa shape index (κ3) is 8.02. The second-order valence-corrected chi connectivity index (χ2v) is 17.7. The number of β-lactam (4-membered cyclic amide) rings is 1. The predicted molar refractivity (Wildman–Crippen MR) is 246 cm³/mol. The molecule has 4 heterocycles. The lowest BCUT2D eigenvalue weighted by Crippen LogP contribution is -2.71. The van der Waals surface area contributed by atoms with E-state index in [-0.39, 0.29) is 22.2 Å². The largest absolute Gasteiger partial charge is 0.448 e. The van der Waals surface area contributed by atoms with Crippen molar-refractivity contribution in [3.63, 3.8) is 0 Å². The van der Waals surface area contributed by atoms with E-state index < -0.39 is 40.8 Å². The van der Waals surface area contributed by atoms with Crippen LogP contribution in [0.4, 0.5) is 5.13 Å². The zero-order valence-corrected chi connectivity index (χ0v) is 35.9. The number of amides is 2. The number of carbonyl (C=O) groups is 3. The van der Waals surface area contributed by atoms with Crippen LogP contribution in [0.3, 0.4) is 0 Å². The van der Waals surface area contributed by atoms with Crippen molar-refractivity contribution >= 4 is 63.5 Å². The first kappa shape index (κ1) is 41.4. The molecule has 12 nitrogen and oxygen atoms in total. The Morgan fingerprint density at radius 2 is 1.40 bits per heavy atom. The van der Waals surface area contributed by atoms with Crippen molar-refractivity contribution in [3.05, 3.63) is 219 Å². The van der Waals surface area contributed by atoms with Crippen LogP contribution in [0.25, 0.3) is 0 Å². The number of aromatic nitrogens is 3. The summed E-state index contributed by atoms with van der Waals surface area (Å²) in [6.07, 6.45) is 3.10. The zero-order chi connectivity index (χ0) is 43.3. The Bertz CT molecular complexity index is 2670. The lowest BCUT2D eigenvalue weighted by Gasteiger charge is -2.49. The molecule has 0 spiro atoms. The molecular weight excluding hydrogens is 851 g/mol. The Kier molecular flexibility index (Phi) is 12.0. The molecule has 0 saturated carbocycles. The monoisotopic (exact) mass is 889 g/mol. The second kappa shape index (κ2) is 18.2. The molecule has 2 atom stereocenters. The van der Waals surface area contributed by atoms with E-state index in [1.807, 2.05) is 132 Å². The maximum atomic E-state index is 14.7. The number of oxime groups is 1. The van der Waals surface area contributed by atoms with E-state index in [0.717, 1.165) is 44.7 Å².